The zero-order chi connectivity index (χ0) is 13.1. The molecule has 0 radical (unpaired) electrons. The van der Waals surface area contributed by atoms with Crippen molar-refractivity contribution in [2.45, 2.75) is 19.4 Å². The van der Waals surface area contributed by atoms with Crippen LogP contribution in [0.25, 0.3) is 0 Å². The van der Waals surface area contributed by atoms with Crippen LogP contribution < -0.4 is 5.32 Å². The van der Waals surface area contributed by atoms with E-state index < -0.39 is 17.3 Å². The Morgan fingerprint density at radius 2 is 2.24 bits per heavy atom. The molecule has 1 aromatic rings. The molecular formula is C12H15ClFNO2. The highest BCUT2D eigenvalue weighted by molar-refractivity contribution is 6.31. The van der Waals surface area contributed by atoms with Crippen molar-refractivity contribution in [3.05, 3.63) is 34.6 Å². The molecule has 0 spiro atoms. The van der Waals surface area contributed by atoms with Crippen LogP contribution >= 0.6 is 11.6 Å². The molecule has 0 heterocycles. The number of carbonyl (C=O) groups excluding carboxylic acids is 1. The molecule has 1 atom stereocenters. The quantitative estimate of drug-likeness (QED) is 0.845. The maximum atomic E-state index is 13.0. The lowest BCUT2D eigenvalue weighted by molar-refractivity contribution is -0.150. The number of ether oxygens (including phenoxy) is 1. The molecule has 3 nitrogen and oxygen atoms in total. The summed E-state index contributed by atoms with van der Waals surface area (Å²) in [6, 6.07) is 3.91. The van der Waals surface area contributed by atoms with Crippen LogP contribution in [0.4, 0.5) is 4.39 Å². The minimum Gasteiger partial charge on any atom is -0.464 e. The molecular weight excluding hydrogens is 245 g/mol. The first-order chi connectivity index (χ1) is 7.95. The summed E-state index contributed by atoms with van der Waals surface area (Å²) in [5, 5.41) is 3.05. The number of nitrogens with one attached hydrogen (secondary N) is 1. The molecule has 0 aliphatic heterocycles. The number of hydrogen-bond acceptors (Lipinski definition) is 3. The minimum absolute atomic E-state index is 0.190. The van der Waals surface area contributed by atoms with E-state index in [1.165, 1.54) is 18.2 Å². The van der Waals surface area contributed by atoms with Crippen molar-refractivity contribution >= 4 is 17.6 Å². The van der Waals surface area contributed by atoms with Gasteiger partial charge >= 0.3 is 5.97 Å². The standard InChI is InChI=1S/C12H15ClFNO2/c1-4-17-11(16)12(2,15-3)9-6-5-8(14)7-10(9)13/h5-7,15H,4H2,1-3H3. The van der Waals surface area contributed by atoms with Gasteiger partial charge in [-0.25, -0.2) is 9.18 Å². The van der Waals surface area contributed by atoms with Gasteiger partial charge in [-0.1, -0.05) is 17.7 Å². The second kappa shape index (κ2) is 5.47. The van der Waals surface area contributed by atoms with Crippen molar-refractivity contribution in [3.63, 3.8) is 0 Å². The van der Waals surface area contributed by atoms with Crippen molar-refractivity contribution in [3.8, 4) is 0 Å². The topological polar surface area (TPSA) is 38.3 Å². The second-order valence-corrected chi connectivity index (χ2v) is 4.13. The predicted octanol–water partition coefficient (Wildman–Crippen LogP) is 2.48. The Kier molecular flexibility index (Phi) is 4.48. The first-order valence-corrected chi connectivity index (χ1v) is 5.65. The molecule has 5 heteroatoms. The van der Waals surface area contributed by atoms with E-state index in [0.717, 1.165) is 0 Å². The lowest BCUT2D eigenvalue weighted by Crippen LogP contribution is -2.46. The third-order valence-corrected chi connectivity index (χ3v) is 2.97. The molecule has 0 amide bonds. The maximum absolute atomic E-state index is 13.0. The number of carbonyl (C=O) groups is 1. The van der Waals surface area contributed by atoms with Crippen molar-refractivity contribution < 1.29 is 13.9 Å². The van der Waals surface area contributed by atoms with Gasteiger partial charge in [0.1, 0.15) is 11.4 Å². The molecule has 1 rings (SSSR count). The molecule has 0 saturated heterocycles. The Balaban J connectivity index is 3.20. The van der Waals surface area contributed by atoms with Crippen LogP contribution in [0.2, 0.25) is 5.02 Å². The number of hydrogen-bond donors (Lipinski definition) is 1. The van der Waals surface area contributed by atoms with Gasteiger partial charge in [0, 0.05) is 10.6 Å². The normalized spacial score (nSPS) is 14.2. The Morgan fingerprint density at radius 3 is 2.71 bits per heavy atom. The summed E-state index contributed by atoms with van der Waals surface area (Å²) in [6.45, 7) is 3.64. The van der Waals surface area contributed by atoms with Gasteiger partial charge in [-0.05, 0) is 33.0 Å². The van der Waals surface area contributed by atoms with Gasteiger partial charge in [-0.2, -0.15) is 0 Å². The van der Waals surface area contributed by atoms with Crippen LogP contribution in [0.1, 0.15) is 19.4 Å². The first-order valence-electron chi connectivity index (χ1n) is 5.27. The van der Waals surface area contributed by atoms with Crippen LogP contribution in [0.5, 0.6) is 0 Å². The van der Waals surface area contributed by atoms with Crippen LogP contribution in [0.3, 0.4) is 0 Å². The number of benzene rings is 1. The lowest BCUT2D eigenvalue weighted by atomic mass is 9.92. The van der Waals surface area contributed by atoms with Crippen molar-refractivity contribution in [2.24, 2.45) is 0 Å². The van der Waals surface area contributed by atoms with E-state index in [-0.39, 0.29) is 11.6 Å². The van der Waals surface area contributed by atoms with E-state index in [4.69, 9.17) is 16.3 Å². The molecule has 1 N–H and O–H groups in total. The Hall–Kier alpha value is -1.13. The third kappa shape index (κ3) is 2.76. The number of halogens is 2. The predicted molar refractivity (Wildman–Crippen MR) is 64.5 cm³/mol. The van der Waals surface area contributed by atoms with Gasteiger partial charge in [0.25, 0.3) is 0 Å². The zero-order valence-electron chi connectivity index (χ0n) is 10.0. The van der Waals surface area contributed by atoms with Gasteiger partial charge in [0.2, 0.25) is 0 Å². The highest BCUT2D eigenvalue weighted by Gasteiger charge is 2.36. The summed E-state index contributed by atoms with van der Waals surface area (Å²) in [5.74, 6) is -0.892. The van der Waals surface area contributed by atoms with E-state index in [9.17, 15) is 9.18 Å². The van der Waals surface area contributed by atoms with Crippen LogP contribution in [-0.4, -0.2) is 19.6 Å². The average molecular weight is 260 g/mol. The van der Waals surface area contributed by atoms with E-state index in [1.54, 1.807) is 20.9 Å². The van der Waals surface area contributed by atoms with Gasteiger partial charge in [-0.3, -0.25) is 0 Å². The minimum atomic E-state index is -1.08. The van der Waals surface area contributed by atoms with E-state index in [0.29, 0.717) is 5.56 Å². The fourth-order valence-electron chi connectivity index (χ4n) is 1.52. The molecule has 0 aliphatic carbocycles. The summed E-state index contributed by atoms with van der Waals surface area (Å²) >= 11 is 5.95. The largest absolute Gasteiger partial charge is 0.464 e. The van der Waals surface area contributed by atoms with E-state index >= 15 is 0 Å². The van der Waals surface area contributed by atoms with Crippen LogP contribution in [0, 0.1) is 5.82 Å². The highest BCUT2D eigenvalue weighted by Crippen LogP contribution is 2.29. The summed E-state index contributed by atoms with van der Waals surface area (Å²) < 4.78 is 18.0. The molecule has 0 bridgehead atoms. The molecule has 0 fully saturated rings. The Bertz CT molecular complexity index is 425. The monoisotopic (exact) mass is 259 g/mol. The molecule has 0 saturated carbocycles. The fraction of sp³-hybridized carbons (Fsp3) is 0.417. The SMILES string of the molecule is CCOC(=O)C(C)(NC)c1ccc(F)cc1Cl. The van der Waals surface area contributed by atoms with Gasteiger partial charge in [0.15, 0.2) is 0 Å². The van der Waals surface area contributed by atoms with Crippen LogP contribution in [0.15, 0.2) is 18.2 Å². The van der Waals surface area contributed by atoms with E-state index in [2.05, 4.69) is 5.32 Å². The van der Waals surface area contributed by atoms with Gasteiger partial charge in [-0.15, -0.1) is 0 Å². The highest BCUT2D eigenvalue weighted by atomic mass is 35.5. The Morgan fingerprint density at radius 1 is 1.59 bits per heavy atom. The number of likely N-dealkylation sites (N-methyl/N-ethyl adjacent to an activating group) is 1. The molecule has 1 aromatic carbocycles. The summed E-state index contributed by atoms with van der Waals surface area (Å²) in [6.07, 6.45) is 0. The van der Waals surface area contributed by atoms with Gasteiger partial charge in [0.05, 0.1) is 6.61 Å². The first kappa shape index (κ1) is 13.9. The Labute approximate surface area is 105 Å². The molecule has 0 aromatic heterocycles. The molecule has 17 heavy (non-hydrogen) atoms. The molecule has 94 valence electrons. The summed E-state index contributed by atoms with van der Waals surface area (Å²) in [5.41, 5.74) is -0.595. The van der Waals surface area contributed by atoms with Crippen molar-refractivity contribution in [1.82, 2.24) is 5.32 Å². The summed E-state index contributed by atoms with van der Waals surface area (Å²) in [4.78, 5) is 11.9. The van der Waals surface area contributed by atoms with Gasteiger partial charge < -0.3 is 10.1 Å². The fourth-order valence-corrected chi connectivity index (χ4v) is 1.87. The lowest BCUT2D eigenvalue weighted by Gasteiger charge is -2.28. The van der Waals surface area contributed by atoms with E-state index in [1.807, 2.05) is 0 Å². The molecule has 1 unspecified atom stereocenters. The second-order valence-electron chi connectivity index (χ2n) is 3.72. The van der Waals surface area contributed by atoms with Crippen molar-refractivity contribution in [2.75, 3.05) is 13.7 Å². The van der Waals surface area contributed by atoms with Crippen LogP contribution in [-0.2, 0) is 15.1 Å². The number of rotatable bonds is 4. The number of esters is 1. The maximum Gasteiger partial charge on any atom is 0.330 e. The summed E-state index contributed by atoms with van der Waals surface area (Å²) in [7, 11) is 1.62. The molecule has 0 aliphatic rings. The average Bonchev–Trinajstić information content (AvgIpc) is 2.28. The smallest absolute Gasteiger partial charge is 0.330 e. The zero-order valence-corrected chi connectivity index (χ0v) is 10.8. The third-order valence-electron chi connectivity index (χ3n) is 2.65. The van der Waals surface area contributed by atoms with Crippen molar-refractivity contribution in [1.29, 1.82) is 0 Å².